The minimum absolute atomic E-state index is 0.908. The number of hydrogen-bond acceptors (Lipinski definition) is 0. The van der Waals surface area contributed by atoms with Gasteiger partial charge in [0.25, 0.3) is 0 Å². The Morgan fingerprint density at radius 1 is 1.28 bits per heavy atom. The molecule has 2 rings (SSSR count). The van der Waals surface area contributed by atoms with Gasteiger partial charge in [-0.2, -0.15) is 0 Å². The van der Waals surface area contributed by atoms with Gasteiger partial charge >= 0.3 is 0 Å². The molecule has 0 N–H and O–H groups in total. The molecular formula is C18H26. The van der Waals surface area contributed by atoms with Crippen molar-refractivity contribution in [3.8, 4) is 0 Å². The van der Waals surface area contributed by atoms with Crippen LogP contribution < -0.4 is 0 Å². The van der Waals surface area contributed by atoms with Crippen molar-refractivity contribution >= 4 is 0 Å². The van der Waals surface area contributed by atoms with Crippen LogP contribution in [-0.4, -0.2) is 0 Å². The maximum absolute atomic E-state index is 2.46. The summed E-state index contributed by atoms with van der Waals surface area (Å²) in [6.45, 7) is 4.38. The van der Waals surface area contributed by atoms with Gasteiger partial charge in [-0.1, -0.05) is 43.7 Å². The van der Waals surface area contributed by atoms with E-state index in [1.54, 1.807) is 11.1 Å². The van der Waals surface area contributed by atoms with Crippen LogP contribution in [0, 0.1) is 5.92 Å². The molecule has 0 nitrogen and oxygen atoms in total. The minimum atomic E-state index is 0.908. The van der Waals surface area contributed by atoms with E-state index in [1.165, 1.54) is 50.5 Å². The van der Waals surface area contributed by atoms with E-state index in [4.69, 9.17) is 0 Å². The molecule has 1 aliphatic rings. The van der Waals surface area contributed by atoms with Crippen molar-refractivity contribution in [2.75, 3.05) is 0 Å². The zero-order valence-corrected chi connectivity index (χ0v) is 11.9. The Labute approximate surface area is 112 Å². The van der Waals surface area contributed by atoms with Crippen molar-refractivity contribution in [3.05, 3.63) is 47.0 Å². The summed E-state index contributed by atoms with van der Waals surface area (Å²) in [6, 6.07) is 7.19. The highest BCUT2D eigenvalue weighted by Crippen LogP contribution is 2.29. The van der Waals surface area contributed by atoms with Crippen LogP contribution in [-0.2, 0) is 19.3 Å². The lowest BCUT2D eigenvalue weighted by Gasteiger charge is -2.24. The zero-order chi connectivity index (χ0) is 12.8. The van der Waals surface area contributed by atoms with E-state index in [0.717, 1.165) is 5.92 Å². The molecule has 1 unspecified atom stereocenters. The Balaban J connectivity index is 1.97. The second kappa shape index (κ2) is 6.78. The Bertz CT molecular complexity index is 400. The molecule has 1 aliphatic carbocycles. The second-order valence-electron chi connectivity index (χ2n) is 5.61. The number of aryl methyl sites for hydroxylation is 2. The van der Waals surface area contributed by atoms with Crippen molar-refractivity contribution in [1.29, 1.82) is 0 Å². The maximum Gasteiger partial charge on any atom is -0.0247 e. The molecule has 1 atom stereocenters. The summed E-state index contributed by atoms with van der Waals surface area (Å²) in [5.74, 6) is 0.908. The lowest BCUT2D eigenvalue weighted by Crippen LogP contribution is -2.14. The number of fused-ring (bicyclic) bond motifs is 1. The predicted octanol–water partition coefficient (Wildman–Crippen LogP) is 5.10. The van der Waals surface area contributed by atoms with Crippen molar-refractivity contribution in [2.24, 2.45) is 5.92 Å². The largest absolute Gasteiger partial charge is 0.0917 e. The predicted molar refractivity (Wildman–Crippen MR) is 80.0 cm³/mol. The van der Waals surface area contributed by atoms with Crippen molar-refractivity contribution < 1.29 is 0 Å². The van der Waals surface area contributed by atoms with Gasteiger partial charge < -0.3 is 0 Å². The van der Waals surface area contributed by atoms with E-state index in [0.29, 0.717) is 0 Å². The molecule has 18 heavy (non-hydrogen) atoms. The summed E-state index contributed by atoms with van der Waals surface area (Å²) < 4.78 is 0. The Hall–Kier alpha value is -1.04. The first kappa shape index (κ1) is 13.4. The average Bonchev–Trinajstić information content (AvgIpc) is 2.39. The molecule has 0 amide bonds. The van der Waals surface area contributed by atoms with E-state index in [2.05, 4.69) is 44.2 Å². The molecule has 1 aromatic carbocycles. The fourth-order valence-electron chi connectivity index (χ4n) is 3.07. The Morgan fingerprint density at radius 3 is 2.94 bits per heavy atom. The molecule has 0 saturated carbocycles. The van der Waals surface area contributed by atoms with Gasteiger partial charge in [0.05, 0.1) is 0 Å². The monoisotopic (exact) mass is 242 g/mol. The first-order valence-corrected chi connectivity index (χ1v) is 7.55. The van der Waals surface area contributed by atoms with Gasteiger partial charge in [-0.05, 0) is 68.1 Å². The highest BCUT2D eigenvalue weighted by atomic mass is 14.2. The molecule has 0 fully saturated rings. The summed E-state index contributed by atoms with van der Waals surface area (Å²) in [5.41, 5.74) is 4.78. The average molecular weight is 242 g/mol. The standard InChI is InChI=1S/C18H26/c1-3-5-6-8-16-10-12-17-13-15(7-4-2)9-11-18(17)14-16/h3,5,9,11,13,16H,4,6-8,10,12,14H2,1-2H3/b5-3+. The quantitative estimate of drug-likeness (QED) is 0.630. The van der Waals surface area contributed by atoms with Gasteiger partial charge in [0.1, 0.15) is 0 Å². The molecule has 0 aliphatic heterocycles. The van der Waals surface area contributed by atoms with Crippen LogP contribution in [0.3, 0.4) is 0 Å². The van der Waals surface area contributed by atoms with Crippen LogP contribution in [0.4, 0.5) is 0 Å². The lowest BCUT2D eigenvalue weighted by molar-refractivity contribution is 0.430. The van der Waals surface area contributed by atoms with E-state index < -0.39 is 0 Å². The molecule has 0 spiro atoms. The fourth-order valence-corrected chi connectivity index (χ4v) is 3.07. The summed E-state index contributed by atoms with van der Waals surface area (Å²) in [5, 5.41) is 0. The number of rotatable bonds is 5. The van der Waals surface area contributed by atoms with Crippen LogP contribution in [0.5, 0.6) is 0 Å². The zero-order valence-electron chi connectivity index (χ0n) is 11.9. The van der Waals surface area contributed by atoms with Crippen molar-refractivity contribution in [3.63, 3.8) is 0 Å². The third-order valence-electron chi connectivity index (χ3n) is 4.12. The highest BCUT2D eigenvalue weighted by molar-refractivity contribution is 5.34. The third-order valence-corrected chi connectivity index (χ3v) is 4.12. The van der Waals surface area contributed by atoms with Crippen LogP contribution in [0.25, 0.3) is 0 Å². The lowest BCUT2D eigenvalue weighted by atomic mass is 9.81. The molecule has 0 heterocycles. The number of hydrogen-bond donors (Lipinski definition) is 0. The van der Waals surface area contributed by atoms with Gasteiger partial charge in [0, 0.05) is 0 Å². The van der Waals surface area contributed by atoms with Crippen LogP contribution >= 0.6 is 0 Å². The SMILES string of the molecule is C/C=C/CCC1CCc2cc(CCC)ccc2C1. The Kier molecular flexibility index (Phi) is 5.04. The molecular weight excluding hydrogens is 216 g/mol. The van der Waals surface area contributed by atoms with Crippen molar-refractivity contribution in [1.82, 2.24) is 0 Å². The van der Waals surface area contributed by atoms with Crippen LogP contribution in [0.2, 0.25) is 0 Å². The molecule has 0 bridgehead atoms. The summed E-state index contributed by atoms with van der Waals surface area (Å²) in [4.78, 5) is 0. The maximum atomic E-state index is 2.46. The number of allylic oxidation sites excluding steroid dienone is 2. The van der Waals surface area contributed by atoms with Gasteiger partial charge in [0.15, 0.2) is 0 Å². The smallest absolute Gasteiger partial charge is 0.0247 e. The third kappa shape index (κ3) is 3.48. The molecule has 0 heteroatoms. The highest BCUT2D eigenvalue weighted by Gasteiger charge is 2.17. The van der Waals surface area contributed by atoms with Gasteiger partial charge in [0.2, 0.25) is 0 Å². The summed E-state index contributed by atoms with van der Waals surface area (Å²) >= 11 is 0. The first-order valence-electron chi connectivity index (χ1n) is 7.55. The molecule has 1 aromatic rings. The van der Waals surface area contributed by atoms with Crippen molar-refractivity contribution in [2.45, 2.75) is 58.8 Å². The minimum Gasteiger partial charge on any atom is -0.0917 e. The fraction of sp³-hybridized carbons (Fsp3) is 0.556. The normalized spacial score (nSPS) is 19.1. The number of benzene rings is 1. The molecule has 0 radical (unpaired) electrons. The van der Waals surface area contributed by atoms with Gasteiger partial charge in [-0.25, -0.2) is 0 Å². The first-order chi connectivity index (χ1) is 8.83. The molecule has 0 saturated heterocycles. The Morgan fingerprint density at radius 2 is 2.17 bits per heavy atom. The van der Waals surface area contributed by atoms with E-state index >= 15 is 0 Å². The van der Waals surface area contributed by atoms with Crippen LogP contribution in [0.15, 0.2) is 30.4 Å². The van der Waals surface area contributed by atoms with Gasteiger partial charge in [-0.3, -0.25) is 0 Å². The van der Waals surface area contributed by atoms with Crippen LogP contribution in [0.1, 0.15) is 56.2 Å². The van der Waals surface area contributed by atoms with E-state index in [1.807, 2.05) is 0 Å². The molecule has 0 aromatic heterocycles. The summed E-state index contributed by atoms with van der Waals surface area (Å²) in [6.07, 6.45) is 13.6. The van der Waals surface area contributed by atoms with E-state index in [-0.39, 0.29) is 0 Å². The summed E-state index contributed by atoms with van der Waals surface area (Å²) in [7, 11) is 0. The topological polar surface area (TPSA) is 0 Å². The van der Waals surface area contributed by atoms with E-state index in [9.17, 15) is 0 Å². The second-order valence-corrected chi connectivity index (χ2v) is 5.61. The van der Waals surface area contributed by atoms with Gasteiger partial charge in [-0.15, -0.1) is 0 Å². The molecule has 98 valence electrons.